The van der Waals surface area contributed by atoms with Crippen LogP contribution in [0.5, 0.6) is 0 Å². The van der Waals surface area contributed by atoms with E-state index < -0.39 is 0 Å². The summed E-state index contributed by atoms with van der Waals surface area (Å²) in [7, 11) is 0. The molecule has 1 saturated heterocycles. The Morgan fingerprint density at radius 3 is 2.92 bits per heavy atom. The second kappa shape index (κ2) is 6.13. The predicted molar refractivity (Wildman–Crippen MR) is 87.4 cm³/mol. The smallest absolute Gasteiger partial charge is 0.258 e. The molecule has 0 aromatic carbocycles. The number of furan rings is 1. The normalized spacial score (nSPS) is 20.4. The highest BCUT2D eigenvalue weighted by Gasteiger charge is 2.38. The molecule has 7 nitrogen and oxygen atoms in total. The van der Waals surface area contributed by atoms with Gasteiger partial charge in [0.2, 0.25) is 5.89 Å². The highest BCUT2D eigenvalue weighted by Crippen LogP contribution is 2.35. The van der Waals surface area contributed by atoms with Crippen LogP contribution in [-0.2, 0) is 6.42 Å². The van der Waals surface area contributed by atoms with Gasteiger partial charge in [0.1, 0.15) is 18.1 Å². The summed E-state index contributed by atoms with van der Waals surface area (Å²) in [4.78, 5) is 31.5. The lowest BCUT2D eigenvalue weighted by Crippen LogP contribution is -2.31. The molecule has 0 unspecified atom stereocenters. The molecule has 25 heavy (non-hydrogen) atoms. The van der Waals surface area contributed by atoms with Gasteiger partial charge in [0.05, 0.1) is 11.1 Å². The van der Waals surface area contributed by atoms with Crippen LogP contribution in [0, 0.1) is 0 Å². The number of hydrogen-bond donors (Lipinski definition) is 0. The van der Waals surface area contributed by atoms with Crippen molar-refractivity contribution in [1.82, 2.24) is 15.0 Å². The van der Waals surface area contributed by atoms with E-state index in [9.17, 15) is 9.59 Å². The Morgan fingerprint density at radius 1 is 1.32 bits per heavy atom. The van der Waals surface area contributed by atoms with E-state index >= 15 is 0 Å². The van der Waals surface area contributed by atoms with Crippen molar-refractivity contribution in [2.75, 3.05) is 6.54 Å². The average Bonchev–Trinajstić information content (AvgIpc) is 3.32. The van der Waals surface area contributed by atoms with Gasteiger partial charge in [0.25, 0.3) is 5.91 Å². The van der Waals surface area contributed by atoms with Crippen LogP contribution in [0.15, 0.2) is 15.2 Å². The quantitative estimate of drug-likeness (QED) is 0.849. The van der Waals surface area contributed by atoms with Crippen molar-refractivity contribution < 1.29 is 18.5 Å². The van der Waals surface area contributed by atoms with Gasteiger partial charge >= 0.3 is 0 Å². The maximum absolute atomic E-state index is 13.1. The summed E-state index contributed by atoms with van der Waals surface area (Å²) in [5.41, 5.74) is 0.838. The van der Waals surface area contributed by atoms with Gasteiger partial charge in [0.15, 0.2) is 11.6 Å². The van der Waals surface area contributed by atoms with Crippen LogP contribution >= 0.6 is 0 Å². The summed E-state index contributed by atoms with van der Waals surface area (Å²) in [6, 6.07) is -0.239. The van der Waals surface area contributed by atoms with E-state index in [4.69, 9.17) is 8.94 Å². The average molecular weight is 343 g/mol. The van der Waals surface area contributed by atoms with Gasteiger partial charge in [-0.2, -0.15) is 4.98 Å². The van der Waals surface area contributed by atoms with Gasteiger partial charge < -0.3 is 13.8 Å². The molecule has 0 radical (unpaired) electrons. The minimum atomic E-state index is -0.239. The van der Waals surface area contributed by atoms with Crippen LogP contribution in [0.1, 0.15) is 89.7 Å². The highest BCUT2D eigenvalue weighted by atomic mass is 16.5. The van der Waals surface area contributed by atoms with E-state index in [-0.39, 0.29) is 23.7 Å². The monoisotopic (exact) mass is 343 g/mol. The number of carbonyl (C=O) groups is 2. The number of carbonyl (C=O) groups excluding carboxylic acids is 2. The molecule has 1 fully saturated rings. The Kier molecular flexibility index (Phi) is 3.94. The molecular weight excluding hydrogens is 322 g/mol. The van der Waals surface area contributed by atoms with E-state index in [1.165, 1.54) is 6.26 Å². The van der Waals surface area contributed by atoms with Crippen LogP contribution < -0.4 is 0 Å². The van der Waals surface area contributed by atoms with E-state index in [1.807, 2.05) is 13.8 Å². The van der Waals surface area contributed by atoms with Crippen molar-refractivity contribution in [2.24, 2.45) is 0 Å². The lowest BCUT2D eigenvalue weighted by molar-refractivity contribution is 0.0705. The van der Waals surface area contributed by atoms with E-state index in [2.05, 4.69) is 10.1 Å². The summed E-state index contributed by atoms with van der Waals surface area (Å²) < 4.78 is 10.9. The first kappa shape index (κ1) is 16.1. The molecule has 1 aliphatic heterocycles. The largest absolute Gasteiger partial charge is 0.468 e. The number of hydrogen-bond acceptors (Lipinski definition) is 6. The minimum absolute atomic E-state index is 0.00557. The fourth-order valence-electron chi connectivity index (χ4n) is 3.62. The molecule has 0 N–H and O–H groups in total. The van der Waals surface area contributed by atoms with Crippen LogP contribution in [0.2, 0.25) is 0 Å². The lowest BCUT2D eigenvalue weighted by atomic mass is 9.93. The van der Waals surface area contributed by atoms with E-state index in [0.717, 1.165) is 19.3 Å². The zero-order valence-electron chi connectivity index (χ0n) is 14.4. The lowest BCUT2D eigenvalue weighted by Gasteiger charge is -2.22. The molecule has 132 valence electrons. The van der Waals surface area contributed by atoms with E-state index in [0.29, 0.717) is 48.0 Å². The zero-order chi connectivity index (χ0) is 17.6. The molecule has 1 amide bonds. The van der Waals surface area contributed by atoms with Crippen LogP contribution in [0.4, 0.5) is 0 Å². The Hall–Kier alpha value is -2.44. The van der Waals surface area contributed by atoms with Crippen molar-refractivity contribution >= 4 is 11.7 Å². The molecule has 0 spiro atoms. The molecule has 2 aromatic heterocycles. The standard InChI is InChI=1S/C18H21N3O4/c1-10(2)16-19-17(25-20-16)12-5-4-8-21(12)18(23)11-9-24-14-7-3-6-13(22)15(11)14/h9-10,12H,3-8H2,1-2H3/t12-/m0/s1. The third kappa shape index (κ3) is 2.67. The minimum Gasteiger partial charge on any atom is -0.468 e. The maximum Gasteiger partial charge on any atom is 0.258 e. The maximum atomic E-state index is 13.1. The van der Waals surface area contributed by atoms with Crippen LogP contribution in [-0.4, -0.2) is 33.3 Å². The Labute approximate surface area is 145 Å². The number of rotatable bonds is 3. The molecule has 3 heterocycles. The molecule has 2 aromatic rings. The van der Waals surface area contributed by atoms with Crippen molar-refractivity contribution in [2.45, 2.75) is 57.9 Å². The number of Topliss-reactive ketones (excluding diaryl/α,β-unsaturated/α-hetero) is 1. The topological polar surface area (TPSA) is 89.4 Å². The van der Waals surface area contributed by atoms with Gasteiger partial charge in [-0.3, -0.25) is 9.59 Å². The van der Waals surface area contributed by atoms with Gasteiger partial charge in [-0.1, -0.05) is 19.0 Å². The zero-order valence-corrected chi connectivity index (χ0v) is 14.4. The highest BCUT2D eigenvalue weighted by molar-refractivity contribution is 6.09. The third-order valence-corrected chi connectivity index (χ3v) is 4.96. The third-order valence-electron chi connectivity index (χ3n) is 4.96. The van der Waals surface area contributed by atoms with Gasteiger partial charge in [0, 0.05) is 25.3 Å². The molecule has 0 bridgehead atoms. The molecule has 0 saturated carbocycles. The molecule has 4 rings (SSSR count). The molecule has 2 aliphatic rings. The molecular formula is C18H21N3O4. The Morgan fingerprint density at radius 2 is 2.16 bits per heavy atom. The number of aromatic nitrogens is 2. The fraction of sp³-hybridized carbons (Fsp3) is 0.556. The van der Waals surface area contributed by atoms with Gasteiger partial charge in [-0.15, -0.1) is 0 Å². The first-order valence-corrected chi connectivity index (χ1v) is 8.84. The number of amides is 1. The first-order chi connectivity index (χ1) is 12.1. The number of aryl methyl sites for hydroxylation is 1. The van der Waals surface area contributed by atoms with Crippen molar-refractivity contribution in [3.05, 3.63) is 34.9 Å². The summed E-state index contributed by atoms with van der Waals surface area (Å²) in [6.07, 6.45) is 5.03. The van der Waals surface area contributed by atoms with Crippen molar-refractivity contribution in [3.63, 3.8) is 0 Å². The van der Waals surface area contributed by atoms with E-state index in [1.54, 1.807) is 4.90 Å². The number of nitrogens with zero attached hydrogens (tertiary/aromatic N) is 3. The number of ketones is 1. The first-order valence-electron chi connectivity index (χ1n) is 8.84. The summed E-state index contributed by atoms with van der Waals surface area (Å²) in [6.45, 7) is 4.60. The Bertz CT molecular complexity index is 820. The summed E-state index contributed by atoms with van der Waals surface area (Å²) in [5.74, 6) is 1.72. The molecule has 7 heteroatoms. The summed E-state index contributed by atoms with van der Waals surface area (Å²) >= 11 is 0. The van der Waals surface area contributed by atoms with Crippen LogP contribution in [0.25, 0.3) is 0 Å². The Balaban J connectivity index is 1.63. The van der Waals surface area contributed by atoms with Gasteiger partial charge in [-0.05, 0) is 19.3 Å². The summed E-state index contributed by atoms with van der Waals surface area (Å²) in [5, 5.41) is 4.00. The molecule has 1 atom stereocenters. The van der Waals surface area contributed by atoms with Gasteiger partial charge in [-0.25, -0.2) is 0 Å². The fourth-order valence-corrected chi connectivity index (χ4v) is 3.62. The second-order valence-electron chi connectivity index (χ2n) is 7.03. The second-order valence-corrected chi connectivity index (χ2v) is 7.03. The van der Waals surface area contributed by atoms with Crippen molar-refractivity contribution in [3.8, 4) is 0 Å². The number of likely N-dealkylation sites (tertiary alicyclic amines) is 1. The van der Waals surface area contributed by atoms with Crippen molar-refractivity contribution in [1.29, 1.82) is 0 Å². The number of fused-ring (bicyclic) bond motifs is 1. The SMILES string of the molecule is CC(C)c1noc([C@@H]2CCCN2C(=O)c2coc3c2C(=O)CCC3)n1. The van der Waals surface area contributed by atoms with Crippen LogP contribution in [0.3, 0.4) is 0 Å². The molecule has 1 aliphatic carbocycles. The predicted octanol–water partition coefficient (Wildman–Crippen LogP) is 3.28.